The Balaban J connectivity index is 2.58. The quantitative estimate of drug-likeness (QED) is 0.544. The second-order valence-electron chi connectivity index (χ2n) is 5.69. The standard InChI is InChI=1S/C18H19Cl2N3O3/c1-4-7-26-11(2)12(10-21)18-22(3)15-8-13(19)14(20)9-16(15)23(18)6-5-17(24)25/h8-9H,2,4-7H2,1,3H3,(H,24,25)/b18-12+. The maximum absolute atomic E-state index is 11.1. The number of allylic oxidation sites excluding steroid dienone is 1. The van der Waals surface area contributed by atoms with Crippen LogP contribution in [0.2, 0.25) is 10.0 Å². The highest BCUT2D eigenvalue weighted by Crippen LogP contribution is 2.46. The number of carbonyl (C=O) groups is 1. The van der Waals surface area contributed by atoms with Crippen molar-refractivity contribution in [2.45, 2.75) is 19.8 Å². The molecule has 0 saturated heterocycles. The summed E-state index contributed by atoms with van der Waals surface area (Å²) in [7, 11) is 1.77. The van der Waals surface area contributed by atoms with Crippen LogP contribution in [-0.2, 0) is 9.53 Å². The predicted octanol–water partition coefficient (Wildman–Crippen LogP) is 4.40. The largest absolute Gasteiger partial charge is 0.493 e. The predicted molar refractivity (Wildman–Crippen MR) is 102 cm³/mol. The average Bonchev–Trinajstić information content (AvgIpc) is 2.84. The van der Waals surface area contributed by atoms with Gasteiger partial charge in [-0.05, 0) is 18.6 Å². The van der Waals surface area contributed by atoms with Gasteiger partial charge in [-0.3, -0.25) is 4.79 Å². The third-order valence-corrected chi connectivity index (χ3v) is 4.61. The van der Waals surface area contributed by atoms with Gasteiger partial charge in [0.05, 0.1) is 34.4 Å². The zero-order valence-electron chi connectivity index (χ0n) is 14.6. The Morgan fingerprint density at radius 1 is 1.35 bits per heavy atom. The number of nitrogens with zero attached hydrogens (tertiary/aromatic N) is 3. The number of carboxylic acid groups (broad SMARTS) is 1. The van der Waals surface area contributed by atoms with Crippen molar-refractivity contribution < 1.29 is 14.6 Å². The van der Waals surface area contributed by atoms with Crippen LogP contribution in [-0.4, -0.2) is 31.3 Å². The molecule has 0 aliphatic carbocycles. The molecule has 1 heterocycles. The van der Waals surface area contributed by atoms with Crippen LogP contribution >= 0.6 is 23.2 Å². The molecule has 0 saturated carbocycles. The second kappa shape index (κ2) is 8.35. The molecule has 0 atom stereocenters. The molecular weight excluding hydrogens is 377 g/mol. The fourth-order valence-electron chi connectivity index (χ4n) is 2.69. The molecule has 1 aliphatic rings. The maximum Gasteiger partial charge on any atom is 0.305 e. The fourth-order valence-corrected chi connectivity index (χ4v) is 3.01. The molecular formula is C18H19Cl2N3O3. The van der Waals surface area contributed by atoms with Gasteiger partial charge >= 0.3 is 5.97 Å². The van der Waals surface area contributed by atoms with Gasteiger partial charge in [0.15, 0.2) is 0 Å². The first-order valence-corrected chi connectivity index (χ1v) is 8.75. The van der Waals surface area contributed by atoms with Crippen LogP contribution in [0.5, 0.6) is 0 Å². The van der Waals surface area contributed by atoms with Crippen LogP contribution < -0.4 is 9.80 Å². The van der Waals surface area contributed by atoms with Gasteiger partial charge in [0, 0.05) is 13.6 Å². The van der Waals surface area contributed by atoms with E-state index in [0.717, 1.165) is 12.1 Å². The summed E-state index contributed by atoms with van der Waals surface area (Å²) in [6, 6.07) is 5.47. The molecule has 6 nitrogen and oxygen atoms in total. The van der Waals surface area contributed by atoms with E-state index in [0.29, 0.717) is 28.2 Å². The minimum atomic E-state index is -0.944. The minimum Gasteiger partial charge on any atom is -0.493 e. The highest BCUT2D eigenvalue weighted by atomic mass is 35.5. The molecule has 1 aliphatic heterocycles. The average molecular weight is 396 g/mol. The Bertz CT molecular complexity index is 815. The smallest absolute Gasteiger partial charge is 0.305 e. The summed E-state index contributed by atoms with van der Waals surface area (Å²) in [5.41, 5.74) is 1.62. The number of anilines is 2. The van der Waals surface area contributed by atoms with Gasteiger partial charge in [0.2, 0.25) is 0 Å². The molecule has 0 aromatic heterocycles. The lowest BCUT2D eigenvalue weighted by atomic mass is 10.2. The molecule has 0 amide bonds. The normalized spacial score (nSPS) is 14.7. The molecule has 1 aromatic rings. The lowest BCUT2D eigenvalue weighted by Gasteiger charge is -2.24. The van der Waals surface area contributed by atoms with Crippen LogP contribution in [0.25, 0.3) is 0 Å². The van der Waals surface area contributed by atoms with Crippen LogP contribution in [0.1, 0.15) is 19.8 Å². The highest BCUT2D eigenvalue weighted by Gasteiger charge is 2.34. The van der Waals surface area contributed by atoms with E-state index >= 15 is 0 Å². The fraction of sp³-hybridized carbons (Fsp3) is 0.333. The van der Waals surface area contributed by atoms with E-state index in [1.165, 1.54) is 0 Å². The summed E-state index contributed by atoms with van der Waals surface area (Å²) in [5, 5.41) is 19.5. The van der Waals surface area contributed by atoms with E-state index in [1.54, 1.807) is 29.0 Å². The summed E-state index contributed by atoms with van der Waals surface area (Å²) < 4.78 is 5.53. The number of carboxylic acids is 1. The van der Waals surface area contributed by atoms with Crippen molar-refractivity contribution in [1.29, 1.82) is 5.26 Å². The van der Waals surface area contributed by atoms with Crippen LogP contribution in [0.3, 0.4) is 0 Å². The number of hydrogen-bond donors (Lipinski definition) is 1. The molecule has 1 aromatic carbocycles. The number of fused-ring (bicyclic) bond motifs is 1. The van der Waals surface area contributed by atoms with Crippen molar-refractivity contribution in [1.82, 2.24) is 0 Å². The van der Waals surface area contributed by atoms with E-state index in [2.05, 4.69) is 12.6 Å². The molecule has 0 bridgehead atoms. The van der Waals surface area contributed by atoms with Crippen molar-refractivity contribution >= 4 is 40.5 Å². The number of ether oxygens (including phenoxy) is 1. The molecule has 0 fully saturated rings. The molecule has 1 N–H and O–H groups in total. The number of halogens is 2. The summed E-state index contributed by atoms with van der Waals surface area (Å²) >= 11 is 12.3. The molecule has 2 rings (SSSR count). The second-order valence-corrected chi connectivity index (χ2v) is 6.51. The Kier molecular flexibility index (Phi) is 6.41. The lowest BCUT2D eigenvalue weighted by molar-refractivity contribution is -0.136. The third kappa shape index (κ3) is 3.90. The van der Waals surface area contributed by atoms with Gasteiger partial charge in [-0.1, -0.05) is 36.7 Å². The number of hydrogen-bond acceptors (Lipinski definition) is 5. The number of nitriles is 1. The van der Waals surface area contributed by atoms with E-state index < -0.39 is 5.97 Å². The Morgan fingerprint density at radius 2 is 1.96 bits per heavy atom. The van der Waals surface area contributed by atoms with E-state index in [-0.39, 0.29) is 24.3 Å². The van der Waals surface area contributed by atoms with Gasteiger partial charge in [0.1, 0.15) is 23.2 Å². The Labute approximate surface area is 162 Å². The van der Waals surface area contributed by atoms with Gasteiger partial charge in [-0.25, -0.2) is 0 Å². The third-order valence-electron chi connectivity index (χ3n) is 3.89. The summed E-state index contributed by atoms with van der Waals surface area (Å²) in [6.45, 7) is 6.39. The Morgan fingerprint density at radius 3 is 2.50 bits per heavy atom. The number of aliphatic carboxylic acids is 1. The van der Waals surface area contributed by atoms with Crippen molar-refractivity contribution in [2.24, 2.45) is 0 Å². The van der Waals surface area contributed by atoms with Gasteiger partial charge in [-0.15, -0.1) is 0 Å². The van der Waals surface area contributed by atoms with Gasteiger partial charge < -0.3 is 19.6 Å². The molecule has 138 valence electrons. The SMILES string of the molecule is C=C(OCCC)/C(C#N)=C1\N(C)c2cc(Cl)c(Cl)cc2N1CCC(=O)O. The van der Waals surface area contributed by atoms with Gasteiger partial charge in [-0.2, -0.15) is 5.26 Å². The molecule has 0 unspecified atom stereocenters. The zero-order chi connectivity index (χ0) is 19.4. The molecule has 8 heteroatoms. The monoisotopic (exact) mass is 395 g/mol. The van der Waals surface area contributed by atoms with Gasteiger partial charge in [0.25, 0.3) is 0 Å². The molecule has 26 heavy (non-hydrogen) atoms. The van der Waals surface area contributed by atoms with Crippen LogP contribution in [0.4, 0.5) is 11.4 Å². The molecule has 0 spiro atoms. The van der Waals surface area contributed by atoms with Crippen molar-refractivity contribution in [3.63, 3.8) is 0 Å². The zero-order valence-corrected chi connectivity index (χ0v) is 16.1. The molecule has 0 radical (unpaired) electrons. The Hall–Kier alpha value is -2.36. The summed E-state index contributed by atoms with van der Waals surface area (Å²) in [5.74, 6) is -0.218. The van der Waals surface area contributed by atoms with Crippen molar-refractivity contribution in [3.8, 4) is 6.07 Å². The first kappa shape index (κ1) is 20.0. The van der Waals surface area contributed by atoms with E-state index in [9.17, 15) is 10.1 Å². The van der Waals surface area contributed by atoms with E-state index in [4.69, 9.17) is 33.0 Å². The lowest BCUT2D eigenvalue weighted by Crippen LogP contribution is -2.30. The number of rotatable bonds is 7. The van der Waals surface area contributed by atoms with Crippen molar-refractivity contribution in [2.75, 3.05) is 30.0 Å². The first-order valence-electron chi connectivity index (χ1n) is 8.00. The first-order chi connectivity index (χ1) is 12.3. The topological polar surface area (TPSA) is 76.8 Å². The highest BCUT2D eigenvalue weighted by molar-refractivity contribution is 6.42. The minimum absolute atomic E-state index is 0.113. The summed E-state index contributed by atoms with van der Waals surface area (Å²) in [6.07, 6.45) is 0.662. The maximum atomic E-state index is 11.1. The van der Waals surface area contributed by atoms with Crippen LogP contribution in [0, 0.1) is 11.3 Å². The van der Waals surface area contributed by atoms with Crippen molar-refractivity contribution in [3.05, 3.63) is 45.9 Å². The number of benzene rings is 1. The van der Waals surface area contributed by atoms with Crippen LogP contribution in [0.15, 0.2) is 35.9 Å². The van der Waals surface area contributed by atoms with E-state index in [1.807, 2.05) is 6.92 Å². The summed E-state index contributed by atoms with van der Waals surface area (Å²) in [4.78, 5) is 14.6.